The number of nitrogens with zero attached hydrogens (tertiary/aromatic N) is 1. The second-order valence-electron chi connectivity index (χ2n) is 9.85. The van der Waals surface area contributed by atoms with E-state index < -0.39 is 12.0 Å². The fourth-order valence-electron chi connectivity index (χ4n) is 5.83. The molecule has 8 nitrogen and oxygen atoms in total. The summed E-state index contributed by atoms with van der Waals surface area (Å²) >= 11 is 0. The van der Waals surface area contributed by atoms with E-state index in [9.17, 15) is 9.59 Å². The van der Waals surface area contributed by atoms with Crippen LogP contribution in [-0.4, -0.2) is 57.2 Å². The van der Waals surface area contributed by atoms with Crippen LogP contribution in [-0.2, 0) is 17.6 Å². The van der Waals surface area contributed by atoms with E-state index >= 15 is 0 Å². The molecule has 0 aliphatic carbocycles. The molecule has 210 valence electrons. The standard InChI is InChI=1S/C32H36N2O6/c1-5-39-25-12-11-20(17-28(25)40-6-2)13-15-33-31(35)29-22-9-7-8-10-23(22)32(36)34-16-14-21-18-26(37-3)27(38-4)19-24(21)30(29)34/h7-12,17-19,29-30H,5-6,13-16H2,1-4H3,(H,33,35)/t29-,30-/m1/s1. The average Bonchev–Trinajstić information content (AvgIpc) is 2.98. The number of carbonyl (C=O) groups excluding carboxylic acids is 2. The number of hydrogen-bond donors (Lipinski definition) is 1. The van der Waals surface area contributed by atoms with Crippen LogP contribution in [0.25, 0.3) is 0 Å². The van der Waals surface area contributed by atoms with Crippen molar-refractivity contribution >= 4 is 11.8 Å². The lowest BCUT2D eigenvalue weighted by molar-refractivity contribution is -0.124. The van der Waals surface area contributed by atoms with E-state index in [4.69, 9.17) is 18.9 Å². The summed E-state index contributed by atoms with van der Waals surface area (Å²) in [5.74, 6) is 1.89. The number of carbonyl (C=O) groups is 2. The molecule has 0 aromatic heterocycles. The molecule has 2 atom stereocenters. The Hall–Kier alpha value is -4.20. The SMILES string of the molecule is CCOc1ccc(CCNC(=O)[C@@H]2c3ccccc3C(=O)N3CCc4cc(OC)c(OC)cc4[C@H]23)cc1OCC. The fourth-order valence-corrected chi connectivity index (χ4v) is 5.83. The van der Waals surface area contributed by atoms with Gasteiger partial charge in [0, 0.05) is 18.7 Å². The van der Waals surface area contributed by atoms with Crippen LogP contribution >= 0.6 is 0 Å². The van der Waals surface area contributed by atoms with Crippen molar-refractivity contribution in [1.82, 2.24) is 10.2 Å². The van der Waals surface area contributed by atoms with Gasteiger partial charge < -0.3 is 29.2 Å². The van der Waals surface area contributed by atoms with Crippen LogP contribution in [0.15, 0.2) is 54.6 Å². The van der Waals surface area contributed by atoms with Gasteiger partial charge in [-0.25, -0.2) is 0 Å². The van der Waals surface area contributed by atoms with E-state index in [-0.39, 0.29) is 11.8 Å². The zero-order valence-electron chi connectivity index (χ0n) is 23.5. The van der Waals surface area contributed by atoms with Gasteiger partial charge >= 0.3 is 0 Å². The third kappa shape index (κ3) is 5.06. The van der Waals surface area contributed by atoms with Crippen LogP contribution in [0, 0.1) is 0 Å². The summed E-state index contributed by atoms with van der Waals surface area (Å²) in [4.78, 5) is 29.4. The van der Waals surface area contributed by atoms with Crippen LogP contribution in [0.4, 0.5) is 0 Å². The minimum atomic E-state index is -0.564. The zero-order chi connectivity index (χ0) is 28.2. The zero-order valence-corrected chi connectivity index (χ0v) is 23.5. The second-order valence-corrected chi connectivity index (χ2v) is 9.85. The van der Waals surface area contributed by atoms with Gasteiger partial charge in [-0.3, -0.25) is 9.59 Å². The first-order valence-electron chi connectivity index (χ1n) is 13.8. The normalized spacial score (nSPS) is 17.3. The van der Waals surface area contributed by atoms with Crippen molar-refractivity contribution in [3.8, 4) is 23.0 Å². The molecule has 3 aromatic carbocycles. The summed E-state index contributed by atoms with van der Waals surface area (Å²) in [6.07, 6.45) is 1.30. The maximum atomic E-state index is 14.0. The third-order valence-corrected chi connectivity index (χ3v) is 7.63. The lowest BCUT2D eigenvalue weighted by atomic mass is 9.75. The average molecular weight is 545 g/mol. The van der Waals surface area contributed by atoms with Gasteiger partial charge in [-0.2, -0.15) is 0 Å². The highest BCUT2D eigenvalue weighted by Crippen LogP contribution is 2.48. The summed E-state index contributed by atoms with van der Waals surface area (Å²) < 4.78 is 22.6. The highest BCUT2D eigenvalue weighted by atomic mass is 16.5. The van der Waals surface area contributed by atoms with E-state index in [0.717, 1.165) is 22.3 Å². The van der Waals surface area contributed by atoms with Crippen LogP contribution in [0.3, 0.4) is 0 Å². The highest BCUT2D eigenvalue weighted by molar-refractivity contribution is 6.01. The van der Waals surface area contributed by atoms with Crippen molar-refractivity contribution in [1.29, 1.82) is 0 Å². The van der Waals surface area contributed by atoms with Gasteiger partial charge in [-0.1, -0.05) is 24.3 Å². The predicted molar refractivity (Wildman–Crippen MR) is 152 cm³/mol. The first-order valence-corrected chi connectivity index (χ1v) is 13.8. The number of hydrogen-bond acceptors (Lipinski definition) is 6. The van der Waals surface area contributed by atoms with Crippen molar-refractivity contribution in [2.45, 2.75) is 38.6 Å². The number of benzene rings is 3. The number of fused-ring (bicyclic) bond motifs is 4. The molecule has 40 heavy (non-hydrogen) atoms. The Morgan fingerprint density at radius 2 is 1.62 bits per heavy atom. The van der Waals surface area contributed by atoms with Crippen molar-refractivity contribution in [2.24, 2.45) is 0 Å². The topological polar surface area (TPSA) is 86.3 Å². The molecule has 0 saturated heterocycles. The van der Waals surface area contributed by atoms with Crippen LogP contribution in [0.5, 0.6) is 23.0 Å². The molecule has 0 fully saturated rings. The predicted octanol–water partition coefficient (Wildman–Crippen LogP) is 4.70. The summed E-state index contributed by atoms with van der Waals surface area (Å²) in [7, 11) is 3.20. The summed E-state index contributed by atoms with van der Waals surface area (Å²) in [6, 6.07) is 16.7. The monoisotopic (exact) mass is 544 g/mol. The number of ether oxygens (including phenoxy) is 4. The molecule has 2 amide bonds. The summed E-state index contributed by atoms with van der Waals surface area (Å²) in [6.45, 7) is 5.94. The smallest absolute Gasteiger partial charge is 0.254 e. The number of amides is 2. The molecule has 5 rings (SSSR count). The third-order valence-electron chi connectivity index (χ3n) is 7.63. The molecular formula is C32H36N2O6. The van der Waals surface area contributed by atoms with Crippen LogP contribution in [0.1, 0.15) is 58.4 Å². The Balaban J connectivity index is 1.43. The molecule has 0 saturated carbocycles. The van der Waals surface area contributed by atoms with Crippen molar-refractivity contribution in [2.75, 3.05) is 40.5 Å². The van der Waals surface area contributed by atoms with Gasteiger partial charge in [0.05, 0.1) is 39.4 Å². The molecule has 0 bridgehead atoms. The van der Waals surface area contributed by atoms with Crippen molar-refractivity contribution in [3.63, 3.8) is 0 Å². The van der Waals surface area contributed by atoms with E-state index in [1.807, 2.05) is 73.3 Å². The molecule has 0 spiro atoms. The molecule has 2 aliphatic heterocycles. The Labute approximate surface area is 235 Å². The highest BCUT2D eigenvalue weighted by Gasteiger charge is 2.46. The Morgan fingerprint density at radius 1 is 0.900 bits per heavy atom. The molecule has 0 unspecified atom stereocenters. The quantitative estimate of drug-likeness (QED) is 0.398. The van der Waals surface area contributed by atoms with Gasteiger partial charge in [0.25, 0.3) is 5.91 Å². The molecule has 1 N–H and O–H groups in total. The lowest BCUT2D eigenvalue weighted by Gasteiger charge is -2.45. The van der Waals surface area contributed by atoms with Crippen LogP contribution in [0.2, 0.25) is 0 Å². The maximum Gasteiger partial charge on any atom is 0.254 e. The number of methoxy groups -OCH3 is 2. The van der Waals surface area contributed by atoms with Crippen molar-refractivity contribution < 1.29 is 28.5 Å². The van der Waals surface area contributed by atoms with Gasteiger partial charge in [-0.15, -0.1) is 0 Å². The maximum absolute atomic E-state index is 14.0. The van der Waals surface area contributed by atoms with Gasteiger partial charge in [0.15, 0.2) is 23.0 Å². The molecule has 2 aliphatic rings. The van der Waals surface area contributed by atoms with Gasteiger partial charge in [0.2, 0.25) is 5.91 Å². The number of rotatable bonds is 10. The molecular weight excluding hydrogens is 508 g/mol. The minimum Gasteiger partial charge on any atom is -0.493 e. The molecule has 3 aromatic rings. The van der Waals surface area contributed by atoms with Crippen LogP contribution < -0.4 is 24.3 Å². The fraction of sp³-hybridized carbons (Fsp3) is 0.375. The van der Waals surface area contributed by atoms with Crippen molar-refractivity contribution in [3.05, 3.63) is 82.4 Å². The molecule has 2 heterocycles. The van der Waals surface area contributed by atoms with E-state index in [1.165, 1.54) is 0 Å². The molecule has 8 heteroatoms. The van der Waals surface area contributed by atoms with Gasteiger partial charge in [-0.05, 0) is 79.3 Å². The second kappa shape index (κ2) is 11.9. The van der Waals surface area contributed by atoms with E-state index in [0.29, 0.717) is 67.7 Å². The Morgan fingerprint density at radius 3 is 2.38 bits per heavy atom. The number of nitrogens with one attached hydrogen (secondary N) is 1. The lowest BCUT2D eigenvalue weighted by Crippen LogP contribution is -2.50. The van der Waals surface area contributed by atoms with E-state index in [1.54, 1.807) is 14.2 Å². The largest absolute Gasteiger partial charge is 0.493 e. The Kier molecular flexibility index (Phi) is 8.14. The first-order chi connectivity index (χ1) is 19.5. The minimum absolute atomic E-state index is 0.0528. The van der Waals surface area contributed by atoms with E-state index in [2.05, 4.69) is 5.32 Å². The molecule has 0 radical (unpaired) electrons. The summed E-state index contributed by atoms with van der Waals surface area (Å²) in [5, 5.41) is 3.16. The summed E-state index contributed by atoms with van der Waals surface area (Å²) in [5.41, 5.74) is 4.33. The van der Waals surface area contributed by atoms with Gasteiger partial charge in [0.1, 0.15) is 0 Å². The Bertz CT molecular complexity index is 1400. The first kappa shape index (κ1) is 27.4.